The SMILES string of the molecule is CC1=C(C(=O)OCCc2ccsc2)C2(CCC2)NC(=S)N1. The number of hydrogen-bond acceptors (Lipinski definition) is 4. The van der Waals surface area contributed by atoms with Gasteiger partial charge in [0.15, 0.2) is 5.11 Å². The van der Waals surface area contributed by atoms with Gasteiger partial charge in [-0.3, -0.25) is 0 Å². The molecule has 0 atom stereocenters. The largest absolute Gasteiger partial charge is 0.462 e. The Morgan fingerprint density at radius 2 is 2.33 bits per heavy atom. The van der Waals surface area contributed by atoms with E-state index in [1.165, 1.54) is 5.56 Å². The van der Waals surface area contributed by atoms with Gasteiger partial charge in [-0.25, -0.2) is 4.79 Å². The molecule has 1 aliphatic carbocycles. The molecule has 0 saturated heterocycles. The van der Waals surface area contributed by atoms with E-state index in [9.17, 15) is 4.79 Å². The quantitative estimate of drug-likeness (QED) is 0.659. The Bertz CT molecular complexity index is 589. The third-order valence-corrected chi connectivity index (χ3v) is 5.06. The Morgan fingerprint density at radius 1 is 1.52 bits per heavy atom. The van der Waals surface area contributed by atoms with Crippen LogP contribution in [-0.4, -0.2) is 23.2 Å². The number of allylic oxidation sites excluding steroid dienone is 1. The van der Waals surface area contributed by atoms with E-state index in [0.29, 0.717) is 17.3 Å². The van der Waals surface area contributed by atoms with E-state index in [2.05, 4.69) is 22.1 Å². The number of carbonyl (C=O) groups excluding carboxylic acids is 1. The molecule has 1 aromatic heterocycles. The average molecular weight is 322 g/mol. The van der Waals surface area contributed by atoms with Crippen LogP contribution in [0.1, 0.15) is 31.7 Å². The van der Waals surface area contributed by atoms with E-state index in [0.717, 1.165) is 31.4 Å². The van der Waals surface area contributed by atoms with Gasteiger partial charge < -0.3 is 15.4 Å². The van der Waals surface area contributed by atoms with Crippen molar-refractivity contribution in [2.45, 2.75) is 38.1 Å². The zero-order valence-electron chi connectivity index (χ0n) is 11.9. The van der Waals surface area contributed by atoms with Crippen LogP contribution in [0.5, 0.6) is 0 Å². The number of thiophene rings is 1. The Kier molecular flexibility index (Phi) is 3.99. The van der Waals surface area contributed by atoms with E-state index in [1.807, 2.05) is 12.3 Å². The van der Waals surface area contributed by atoms with Crippen LogP contribution in [0.2, 0.25) is 0 Å². The summed E-state index contributed by atoms with van der Waals surface area (Å²) in [6.07, 6.45) is 3.73. The zero-order valence-corrected chi connectivity index (χ0v) is 13.5. The van der Waals surface area contributed by atoms with Gasteiger partial charge >= 0.3 is 5.97 Å². The van der Waals surface area contributed by atoms with Crippen LogP contribution in [0.4, 0.5) is 0 Å². The van der Waals surface area contributed by atoms with Gasteiger partial charge in [-0.2, -0.15) is 11.3 Å². The third-order valence-electron chi connectivity index (χ3n) is 4.12. The highest BCUT2D eigenvalue weighted by atomic mass is 32.1. The van der Waals surface area contributed by atoms with Crippen LogP contribution >= 0.6 is 23.6 Å². The monoisotopic (exact) mass is 322 g/mol. The highest BCUT2D eigenvalue weighted by molar-refractivity contribution is 7.80. The van der Waals surface area contributed by atoms with Gasteiger partial charge in [0.05, 0.1) is 17.7 Å². The van der Waals surface area contributed by atoms with Crippen molar-refractivity contribution in [3.05, 3.63) is 33.7 Å². The van der Waals surface area contributed by atoms with Crippen molar-refractivity contribution in [2.75, 3.05) is 6.61 Å². The molecule has 2 heterocycles. The summed E-state index contributed by atoms with van der Waals surface area (Å²) in [7, 11) is 0. The summed E-state index contributed by atoms with van der Waals surface area (Å²) in [5.41, 5.74) is 2.44. The molecule has 0 bridgehead atoms. The van der Waals surface area contributed by atoms with Crippen molar-refractivity contribution in [1.29, 1.82) is 0 Å². The van der Waals surface area contributed by atoms with E-state index in [-0.39, 0.29) is 11.5 Å². The van der Waals surface area contributed by atoms with Gasteiger partial charge in [0.1, 0.15) is 0 Å². The number of esters is 1. The summed E-state index contributed by atoms with van der Waals surface area (Å²) in [6.45, 7) is 2.30. The van der Waals surface area contributed by atoms with Gasteiger partial charge in [0, 0.05) is 12.1 Å². The Hall–Kier alpha value is -1.40. The lowest BCUT2D eigenvalue weighted by Crippen LogP contribution is -2.62. The first-order chi connectivity index (χ1) is 10.1. The number of ether oxygens (including phenoxy) is 1. The molecule has 1 fully saturated rings. The molecule has 0 unspecified atom stereocenters. The summed E-state index contributed by atoms with van der Waals surface area (Å²) in [6, 6.07) is 2.05. The predicted octanol–water partition coefficient (Wildman–Crippen LogP) is 2.51. The van der Waals surface area contributed by atoms with Crippen molar-refractivity contribution in [3.8, 4) is 0 Å². The third kappa shape index (κ3) is 2.82. The van der Waals surface area contributed by atoms with Gasteiger partial charge in [-0.05, 0) is 60.8 Å². The normalized spacial score (nSPS) is 19.8. The van der Waals surface area contributed by atoms with Crippen molar-refractivity contribution < 1.29 is 9.53 Å². The Balaban J connectivity index is 1.67. The fraction of sp³-hybridized carbons (Fsp3) is 0.467. The summed E-state index contributed by atoms with van der Waals surface area (Å²) in [5, 5.41) is 11.0. The van der Waals surface area contributed by atoms with E-state index in [1.54, 1.807) is 11.3 Å². The first kappa shape index (κ1) is 14.5. The molecular weight excluding hydrogens is 304 g/mol. The maximum atomic E-state index is 12.5. The fourth-order valence-corrected chi connectivity index (χ4v) is 3.98. The Morgan fingerprint density at radius 3 is 2.95 bits per heavy atom. The molecule has 1 aromatic rings. The average Bonchev–Trinajstić information content (AvgIpc) is 2.88. The molecule has 21 heavy (non-hydrogen) atoms. The van der Waals surface area contributed by atoms with E-state index >= 15 is 0 Å². The second-order valence-electron chi connectivity index (χ2n) is 5.53. The van der Waals surface area contributed by atoms with Gasteiger partial charge in [0.25, 0.3) is 0 Å². The molecular formula is C15H18N2O2S2. The summed E-state index contributed by atoms with van der Waals surface area (Å²) >= 11 is 6.86. The molecule has 2 N–H and O–H groups in total. The van der Waals surface area contributed by atoms with E-state index < -0.39 is 0 Å². The van der Waals surface area contributed by atoms with E-state index in [4.69, 9.17) is 17.0 Å². The van der Waals surface area contributed by atoms with Crippen LogP contribution in [-0.2, 0) is 16.0 Å². The lowest BCUT2D eigenvalue weighted by Gasteiger charge is -2.47. The molecule has 0 amide bonds. The smallest absolute Gasteiger partial charge is 0.338 e. The maximum Gasteiger partial charge on any atom is 0.338 e. The number of nitrogens with one attached hydrogen (secondary N) is 2. The highest BCUT2D eigenvalue weighted by Gasteiger charge is 2.48. The lowest BCUT2D eigenvalue weighted by atomic mass is 9.70. The number of hydrogen-bond donors (Lipinski definition) is 2. The zero-order chi connectivity index (χ0) is 14.9. The molecule has 1 saturated carbocycles. The number of thiocarbonyl (C=S) groups is 1. The maximum absolute atomic E-state index is 12.5. The van der Waals surface area contributed by atoms with Crippen LogP contribution < -0.4 is 10.6 Å². The molecule has 0 radical (unpaired) electrons. The molecule has 3 rings (SSSR count). The predicted molar refractivity (Wildman–Crippen MR) is 87.1 cm³/mol. The minimum Gasteiger partial charge on any atom is -0.462 e. The molecule has 2 aliphatic rings. The summed E-state index contributed by atoms with van der Waals surface area (Å²) in [5.74, 6) is -0.232. The molecule has 6 heteroatoms. The molecule has 4 nitrogen and oxygen atoms in total. The highest BCUT2D eigenvalue weighted by Crippen LogP contribution is 2.41. The number of carbonyl (C=O) groups is 1. The molecule has 1 spiro atoms. The van der Waals surface area contributed by atoms with Crippen LogP contribution in [0.25, 0.3) is 0 Å². The first-order valence-corrected chi connectivity index (χ1v) is 8.44. The fourth-order valence-electron chi connectivity index (χ4n) is 2.93. The van der Waals surface area contributed by atoms with Crippen molar-refractivity contribution in [3.63, 3.8) is 0 Å². The molecule has 112 valence electrons. The van der Waals surface area contributed by atoms with Crippen molar-refractivity contribution in [1.82, 2.24) is 10.6 Å². The number of rotatable bonds is 4. The minimum absolute atomic E-state index is 0.232. The molecule has 1 aliphatic heterocycles. The standard InChI is InChI=1S/C15H18N2O2S2/c1-10-12(15(5-2-6-15)17-14(20)16-10)13(18)19-7-3-11-4-8-21-9-11/h4,8-9H,2-3,5-7H2,1H3,(H2,16,17,20). The first-order valence-electron chi connectivity index (χ1n) is 7.09. The van der Waals surface area contributed by atoms with Crippen LogP contribution in [0.3, 0.4) is 0 Å². The Labute approximate surface area is 133 Å². The van der Waals surface area contributed by atoms with Crippen LogP contribution in [0.15, 0.2) is 28.1 Å². The summed E-state index contributed by atoms with van der Waals surface area (Å²) < 4.78 is 5.48. The summed E-state index contributed by atoms with van der Waals surface area (Å²) in [4.78, 5) is 12.5. The van der Waals surface area contributed by atoms with Gasteiger partial charge in [0.2, 0.25) is 0 Å². The topological polar surface area (TPSA) is 50.4 Å². The van der Waals surface area contributed by atoms with Crippen molar-refractivity contribution in [2.24, 2.45) is 0 Å². The second kappa shape index (κ2) is 5.77. The van der Waals surface area contributed by atoms with Gasteiger partial charge in [-0.15, -0.1) is 0 Å². The lowest BCUT2D eigenvalue weighted by molar-refractivity contribution is -0.140. The van der Waals surface area contributed by atoms with Crippen LogP contribution in [0, 0.1) is 0 Å². The van der Waals surface area contributed by atoms with Gasteiger partial charge in [-0.1, -0.05) is 0 Å². The second-order valence-corrected chi connectivity index (χ2v) is 6.72. The molecule has 0 aromatic carbocycles. The minimum atomic E-state index is -0.300. The van der Waals surface area contributed by atoms with Crippen molar-refractivity contribution >= 4 is 34.6 Å².